The number of aliphatic carboxylic acids is 1. The van der Waals surface area contributed by atoms with Gasteiger partial charge in [0, 0.05) is 0 Å². The number of rotatable bonds is 5. The molecule has 2 N–H and O–H groups in total. The molecule has 0 aliphatic rings. The van der Waals surface area contributed by atoms with Gasteiger partial charge in [0.25, 0.3) is 0 Å². The normalized spacial score (nSPS) is 14.2. The van der Waals surface area contributed by atoms with E-state index in [1.807, 2.05) is 13.8 Å². The summed E-state index contributed by atoms with van der Waals surface area (Å²) in [6.45, 7) is 3.73. The molecule has 88 valence electrons. The van der Waals surface area contributed by atoms with Crippen LogP contribution in [0.2, 0.25) is 0 Å². The average molecular weight is 225 g/mol. The maximum absolute atomic E-state index is 13.3. The highest BCUT2D eigenvalue weighted by Gasteiger charge is 2.23. The summed E-state index contributed by atoms with van der Waals surface area (Å²) in [5, 5.41) is 11.8. The lowest BCUT2D eigenvalue weighted by atomic mass is 9.99. The lowest BCUT2D eigenvalue weighted by molar-refractivity contribution is -0.139. The van der Waals surface area contributed by atoms with Crippen molar-refractivity contribution in [3.63, 3.8) is 0 Å². The van der Waals surface area contributed by atoms with Crippen LogP contribution < -0.4 is 5.32 Å². The summed E-state index contributed by atoms with van der Waals surface area (Å²) in [5.41, 5.74) is 0.232. The fourth-order valence-corrected chi connectivity index (χ4v) is 1.43. The topological polar surface area (TPSA) is 49.3 Å². The van der Waals surface area contributed by atoms with Crippen LogP contribution in [-0.2, 0) is 4.79 Å². The van der Waals surface area contributed by atoms with Gasteiger partial charge in [0.2, 0.25) is 0 Å². The van der Waals surface area contributed by atoms with Crippen LogP contribution in [-0.4, -0.2) is 17.1 Å². The fourth-order valence-electron chi connectivity index (χ4n) is 1.43. The van der Waals surface area contributed by atoms with Crippen molar-refractivity contribution >= 4 is 11.7 Å². The van der Waals surface area contributed by atoms with E-state index in [0.717, 1.165) is 6.42 Å². The minimum atomic E-state index is -0.961. The van der Waals surface area contributed by atoms with Crippen LogP contribution in [0, 0.1) is 11.7 Å². The smallest absolute Gasteiger partial charge is 0.326 e. The third kappa shape index (κ3) is 2.95. The highest BCUT2D eigenvalue weighted by Crippen LogP contribution is 2.18. The molecule has 0 aliphatic heterocycles. The lowest BCUT2D eigenvalue weighted by Gasteiger charge is -2.21. The zero-order valence-electron chi connectivity index (χ0n) is 9.40. The Morgan fingerprint density at radius 1 is 1.50 bits per heavy atom. The molecule has 0 saturated carbocycles. The molecule has 3 nitrogen and oxygen atoms in total. The van der Waals surface area contributed by atoms with Crippen LogP contribution >= 0.6 is 0 Å². The van der Waals surface area contributed by atoms with Crippen LogP contribution in [0.25, 0.3) is 0 Å². The molecule has 0 radical (unpaired) electrons. The van der Waals surface area contributed by atoms with Gasteiger partial charge in [-0.2, -0.15) is 0 Å². The van der Waals surface area contributed by atoms with Gasteiger partial charge in [-0.15, -0.1) is 0 Å². The molecule has 0 spiro atoms. The monoisotopic (exact) mass is 225 g/mol. The Morgan fingerprint density at radius 3 is 2.62 bits per heavy atom. The highest BCUT2D eigenvalue weighted by atomic mass is 19.1. The summed E-state index contributed by atoms with van der Waals surface area (Å²) in [6, 6.07) is 5.31. The molecule has 0 aromatic heterocycles. The van der Waals surface area contributed by atoms with E-state index in [2.05, 4.69) is 5.32 Å². The Balaban J connectivity index is 2.84. The minimum Gasteiger partial charge on any atom is -0.480 e. The molecule has 16 heavy (non-hydrogen) atoms. The van der Waals surface area contributed by atoms with Crippen molar-refractivity contribution in [3.05, 3.63) is 30.1 Å². The Morgan fingerprint density at radius 2 is 2.12 bits per heavy atom. The Hall–Kier alpha value is -1.58. The number of carboxylic acids is 1. The molecule has 0 bridgehead atoms. The first-order chi connectivity index (χ1) is 7.56. The van der Waals surface area contributed by atoms with Gasteiger partial charge in [-0.3, -0.25) is 0 Å². The second-order valence-electron chi connectivity index (χ2n) is 3.83. The van der Waals surface area contributed by atoms with Crippen LogP contribution in [0.1, 0.15) is 20.3 Å². The lowest BCUT2D eigenvalue weighted by Crippen LogP contribution is -2.35. The van der Waals surface area contributed by atoms with Crippen molar-refractivity contribution < 1.29 is 14.3 Å². The first kappa shape index (κ1) is 12.5. The van der Waals surface area contributed by atoms with E-state index in [9.17, 15) is 9.18 Å². The number of para-hydroxylation sites is 1. The van der Waals surface area contributed by atoms with Gasteiger partial charge in [0.1, 0.15) is 11.9 Å². The molecular weight excluding hydrogens is 209 g/mol. The molecule has 0 aliphatic carbocycles. The molecule has 0 saturated heterocycles. The molecule has 1 aromatic rings. The van der Waals surface area contributed by atoms with Gasteiger partial charge in [-0.1, -0.05) is 32.4 Å². The van der Waals surface area contributed by atoms with E-state index in [1.54, 1.807) is 12.1 Å². The molecular formula is C12H16FNO2. The summed E-state index contributed by atoms with van der Waals surface area (Å²) in [5.74, 6) is -1.45. The molecule has 1 rings (SSSR count). The Labute approximate surface area is 94.3 Å². The molecule has 2 unspecified atom stereocenters. The van der Waals surface area contributed by atoms with Gasteiger partial charge >= 0.3 is 5.97 Å². The summed E-state index contributed by atoms with van der Waals surface area (Å²) >= 11 is 0. The number of halogens is 1. The van der Waals surface area contributed by atoms with E-state index in [0.29, 0.717) is 0 Å². The fraction of sp³-hybridized carbons (Fsp3) is 0.417. The summed E-state index contributed by atoms with van der Waals surface area (Å²) in [6.07, 6.45) is 0.721. The predicted octanol–water partition coefficient (Wildman–Crippen LogP) is 2.74. The second-order valence-corrected chi connectivity index (χ2v) is 3.83. The zero-order valence-corrected chi connectivity index (χ0v) is 9.40. The molecule has 0 heterocycles. The van der Waals surface area contributed by atoms with Gasteiger partial charge in [-0.25, -0.2) is 9.18 Å². The van der Waals surface area contributed by atoms with Crippen LogP contribution in [0.3, 0.4) is 0 Å². The van der Waals surface area contributed by atoms with Crippen molar-refractivity contribution in [1.82, 2.24) is 0 Å². The van der Waals surface area contributed by atoms with Gasteiger partial charge in [0.05, 0.1) is 5.69 Å². The second kappa shape index (κ2) is 5.49. The largest absolute Gasteiger partial charge is 0.480 e. The number of carbonyl (C=O) groups is 1. The van der Waals surface area contributed by atoms with Gasteiger partial charge < -0.3 is 10.4 Å². The van der Waals surface area contributed by atoms with Crippen molar-refractivity contribution in [2.75, 3.05) is 5.32 Å². The van der Waals surface area contributed by atoms with Crippen molar-refractivity contribution in [2.24, 2.45) is 5.92 Å². The number of benzene rings is 1. The first-order valence-electron chi connectivity index (χ1n) is 5.30. The molecule has 0 fully saturated rings. The van der Waals surface area contributed by atoms with Crippen molar-refractivity contribution in [3.8, 4) is 0 Å². The SMILES string of the molecule is CCC(C)C(Nc1ccccc1F)C(=O)O. The van der Waals surface area contributed by atoms with Gasteiger partial charge in [0.15, 0.2) is 0 Å². The summed E-state index contributed by atoms with van der Waals surface area (Å²) in [4.78, 5) is 11.0. The quantitative estimate of drug-likeness (QED) is 0.810. The summed E-state index contributed by atoms with van der Waals surface area (Å²) in [7, 11) is 0. The zero-order chi connectivity index (χ0) is 12.1. The maximum Gasteiger partial charge on any atom is 0.326 e. The molecule has 4 heteroatoms. The van der Waals surface area contributed by atoms with Crippen molar-refractivity contribution in [2.45, 2.75) is 26.3 Å². The molecule has 2 atom stereocenters. The Bertz CT molecular complexity index is 368. The third-order valence-electron chi connectivity index (χ3n) is 2.66. The highest BCUT2D eigenvalue weighted by molar-refractivity contribution is 5.77. The van der Waals surface area contributed by atoms with E-state index < -0.39 is 17.8 Å². The minimum absolute atomic E-state index is 0.0582. The van der Waals surface area contributed by atoms with Crippen LogP contribution in [0.5, 0.6) is 0 Å². The molecule has 1 aromatic carbocycles. The predicted molar refractivity (Wildman–Crippen MR) is 60.9 cm³/mol. The number of hydrogen-bond acceptors (Lipinski definition) is 2. The molecule has 0 amide bonds. The Kier molecular flexibility index (Phi) is 4.28. The number of carboxylic acid groups (broad SMARTS) is 1. The van der Waals surface area contributed by atoms with E-state index in [4.69, 9.17) is 5.11 Å². The number of hydrogen-bond donors (Lipinski definition) is 2. The average Bonchev–Trinajstić information content (AvgIpc) is 2.26. The third-order valence-corrected chi connectivity index (χ3v) is 2.66. The van der Waals surface area contributed by atoms with Crippen LogP contribution in [0.4, 0.5) is 10.1 Å². The standard InChI is InChI=1S/C12H16FNO2/c1-3-8(2)11(12(15)16)14-10-7-5-4-6-9(10)13/h4-8,11,14H,3H2,1-2H3,(H,15,16). The van der Waals surface area contributed by atoms with E-state index in [1.165, 1.54) is 12.1 Å². The first-order valence-corrected chi connectivity index (χ1v) is 5.30. The maximum atomic E-state index is 13.3. The van der Waals surface area contributed by atoms with E-state index >= 15 is 0 Å². The summed E-state index contributed by atoms with van der Waals surface area (Å²) < 4.78 is 13.3. The van der Waals surface area contributed by atoms with E-state index in [-0.39, 0.29) is 11.6 Å². The van der Waals surface area contributed by atoms with Crippen molar-refractivity contribution in [1.29, 1.82) is 0 Å². The number of anilines is 1. The van der Waals surface area contributed by atoms with Crippen LogP contribution in [0.15, 0.2) is 24.3 Å². The van der Waals surface area contributed by atoms with Gasteiger partial charge in [-0.05, 0) is 18.1 Å². The number of nitrogens with one attached hydrogen (secondary N) is 1.